The lowest BCUT2D eigenvalue weighted by Crippen LogP contribution is -2.24. The molecular weight excluding hydrogens is 355 g/mol. The summed E-state index contributed by atoms with van der Waals surface area (Å²) in [4.78, 5) is 11.9. The molecule has 0 aliphatic heterocycles. The highest BCUT2D eigenvalue weighted by Crippen LogP contribution is 2.20. The lowest BCUT2D eigenvalue weighted by atomic mass is 10.2. The van der Waals surface area contributed by atoms with Crippen LogP contribution in [-0.4, -0.2) is 20.9 Å². The number of carbonyl (C=O) groups is 1. The first-order valence-corrected chi connectivity index (χ1v) is 9.05. The molecule has 0 aliphatic carbocycles. The molecule has 2 N–H and O–H groups in total. The van der Waals surface area contributed by atoms with Crippen molar-refractivity contribution in [1.29, 1.82) is 0 Å². The largest absolute Gasteiger partial charge is 0.319 e. The molecule has 0 saturated heterocycles. The fourth-order valence-corrected chi connectivity index (χ4v) is 3.15. The smallest absolute Gasteiger partial charge is 0.255 e. The van der Waals surface area contributed by atoms with Gasteiger partial charge in [-0.15, -0.1) is 0 Å². The molecule has 2 rings (SSSR count). The van der Waals surface area contributed by atoms with E-state index in [0.29, 0.717) is 17.0 Å². The van der Waals surface area contributed by atoms with Gasteiger partial charge in [0.1, 0.15) is 5.82 Å². The van der Waals surface area contributed by atoms with E-state index in [4.69, 9.17) is 11.6 Å². The van der Waals surface area contributed by atoms with Gasteiger partial charge >= 0.3 is 0 Å². The topological polar surface area (TPSA) is 75.3 Å². The average molecular weight is 371 g/mol. The minimum Gasteiger partial charge on any atom is -0.319 e. The SMILES string of the molecule is CCCNS(=O)(=O)c1ccc(NC(=O)c2ccc(Cl)cc2)c(F)c1. The van der Waals surface area contributed by atoms with Gasteiger partial charge in [-0.3, -0.25) is 4.79 Å². The van der Waals surface area contributed by atoms with Crippen molar-refractivity contribution in [3.05, 3.63) is 58.9 Å². The van der Waals surface area contributed by atoms with Gasteiger partial charge in [-0.1, -0.05) is 18.5 Å². The minimum absolute atomic E-state index is 0.107. The van der Waals surface area contributed by atoms with Gasteiger partial charge in [0, 0.05) is 17.1 Å². The maximum atomic E-state index is 14.1. The van der Waals surface area contributed by atoms with Crippen molar-refractivity contribution in [1.82, 2.24) is 4.72 Å². The summed E-state index contributed by atoms with van der Waals surface area (Å²) in [5.41, 5.74) is 0.199. The van der Waals surface area contributed by atoms with Gasteiger partial charge in [0.15, 0.2) is 0 Å². The van der Waals surface area contributed by atoms with Crippen LogP contribution in [0.1, 0.15) is 23.7 Å². The van der Waals surface area contributed by atoms with Crippen LogP contribution in [0.25, 0.3) is 0 Å². The van der Waals surface area contributed by atoms with E-state index in [1.165, 1.54) is 24.3 Å². The number of halogens is 2. The first-order chi connectivity index (χ1) is 11.3. The summed E-state index contributed by atoms with van der Waals surface area (Å²) in [5, 5.41) is 2.87. The molecule has 0 aromatic heterocycles. The molecule has 0 bridgehead atoms. The van der Waals surface area contributed by atoms with E-state index >= 15 is 0 Å². The number of nitrogens with one attached hydrogen (secondary N) is 2. The first-order valence-electron chi connectivity index (χ1n) is 7.19. The standard InChI is InChI=1S/C16H16ClFN2O3S/c1-2-9-19-24(22,23)13-7-8-15(14(18)10-13)20-16(21)11-3-5-12(17)6-4-11/h3-8,10,19H,2,9H2,1H3,(H,20,21). The molecule has 0 radical (unpaired) electrons. The number of benzene rings is 2. The molecule has 0 unspecified atom stereocenters. The molecule has 2 aromatic rings. The Morgan fingerprint density at radius 1 is 1.17 bits per heavy atom. The average Bonchev–Trinajstić information content (AvgIpc) is 2.55. The summed E-state index contributed by atoms with van der Waals surface area (Å²) in [6.45, 7) is 2.08. The van der Waals surface area contributed by atoms with E-state index in [9.17, 15) is 17.6 Å². The maximum absolute atomic E-state index is 14.1. The molecule has 0 spiro atoms. The van der Waals surface area contributed by atoms with Crippen molar-refractivity contribution in [2.45, 2.75) is 18.2 Å². The first kappa shape index (κ1) is 18.4. The highest BCUT2D eigenvalue weighted by Gasteiger charge is 2.16. The van der Waals surface area contributed by atoms with Gasteiger partial charge in [-0.05, 0) is 48.9 Å². The third kappa shape index (κ3) is 4.53. The highest BCUT2D eigenvalue weighted by molar-refractivity contribution is 7.89. The predicted molar refractivity (Wildman–Crippen MR) is 91.3 cm³/mol. The molecule has 0 heterocycles. The Hall–Kier alpha value is -1.96. The van der Waals surface area contributed by atoms with Crippen LogP contribution >= 0.6 is 11.6 Å². The lowest BCUT2D eigenvalue weighted by molar-refractivity contribution is 0.102. The molecule has 128 valence electrons. The molecule has 24 heavy (non-hydrogen) atoms. The zero-order valence-electron chi connectivity index (χ0n) is 12.8. The number of rotatable bonds is 6. The Balaban J connectivity index is 2.18. The molecule has 1 amide bonds. The minimum atomic E-state index is -3.76. The number of anilines is 1. The Labute approximate surface area is 144 Å². The van der Waals surface area contributed by atoms with Crippen molar-refractivity contribution in [2.24, 2.45) is 0 Å². The van der Waals surface area contributed by atoms with E-state index < -0.39 is 21.7 Å². The second kappa shape index (κ2) is 7.74. The number of carbonyl (C=O) groups excluding carboxylic acids is 1. The molecule has 5 nitrogen and oxygen atoms in total. The summed E-state index contributed by atoms with van der Waals surface area (Å²) < 4.78 is 40.4. The van der Waals surface area contributed by atoms with Gasteiger partial charge < -0.3 is 5.32 Å². The molecule has 0 saturated carbocycles. The van der Waals surface area contributed by atoms with Gasteiger partial charge in [0.2, 0.25) is 10.0 Å². The zero-order valence-corrected chi connectivity index (χ0v) is 14.4. The molecule has 0 atom stereocenters. The second-order valence-corrected chi connectivity index (χ2v) is 7.20. The fourth-order valence-electron chi connectivity index (χ4n) is 1.88. The lowest BCUT2D eigenvalue weighted by Gasteiger charge is -2.09. The Kier molecular flexibility index (Phi) is 5.93. The van der Waals surface area contributed by atoms with Gasteiger partial charge in [-0.25, -0.2) is 17.5 Å². The molecule has 0 aliphatic rings. The van der Waals surface area contributed by atoms with Crippen LogP contribution in [0.2, 0.25) is 5.02 Å². The summed E-state index contributed by atoms with van der Waals surface area (Å²) in [6, 6.07) is 9.41. The highest BCUT2D eigenvalue weighted by atomic mass is 35.5. The number of amides is 1. The van der Waals surface area contributed by atoms with Gasteiger partial charge in [0.25, 0.3) is 5.91 Å². The maximum Gasteiger partial charge on any atom is 0.255 e. The summed E-state index contributed by atoms with van der Waals surface area (Å²) in [7, 11) is -3.76. The quantitative estimate of drug-likeness (QED) is 0.818. The molecule has 2 aromatic carbocycles. The second-order valence-electron chi connectivity index (χ2n) is 5.00. The predicted octanol–water partition coefficient (Wildman–Crippen LogP) is 3.42. The monoisotopic (exact) mass is 370 g/mol. The van der Waals surface area contributed by atoms with Crippen molar-refractivity contribution in [2.75, 3.05) is 11.9 Å². The van der Waals surface area contributed by atoms with E-state index in [-0.39, 0.29) is 17.1 Å². The van der Waals surface area contributed by atoms with Gasteiger partial charge in [-0.2, -0.15) is 0 Å². The van der Waals surface area contributed by atoms with Crippen molar-refractivity contribution in [3.8, 4) is 0 Å². The van der Waals surface area contributed by atoms with E-state index in [0.717, 1.165) is 6.07 Å². The van der Waals surface area contributed by atoms with E-state index in [1.54, 1.807) is 12.1 Å². The normalized spacial score (nSPS) is 11.3. The van der Waals surface area contributed by atoms with Gasteiger partial charge in [0.05, 0.1) is 10.6 Å². The van der Waals surface area contributed by atoms with Crippen LogP contribution in [0.4, 0.5) is 10.1 Å². The number of hydrogen-bond acceptors (Lipinski definition) is 3. The van der Waals surface area contributed by atoms with Crippen molar-refractivity contribution < 1.29 is 17.6 Å². The third-order valence-corrected chi connectivity index (χ3v) is 4.86. The summed E-state index contributed by atoms with van der Waals surface area (Å²) >= 11 is 5.74. The molecule has 0 fully saturated rings. The Bertz CT molecular complexity index is 839. The summed E-state index contributed by atoms with van der Waals surface area (Å²) in [6.07, 6.45) is 0.622. The molecule has 8 heteroatoms. The van der Waals surface area contributed by atoms with Crippen LogP contribution in [-0.2, 0) is 10.0 Å². The van der Waals surface area contributed by atoms with E-state index in [2.05, 4.69) is 10.0 Å². The van der Waals surface area contributed by atoms with Crippen LogP contribution in [0, 0.1) is 5.82 Å². The van der Waals surface area contributed by atoms with Crippen molar-refractivity contribution in [3.63, 3.8) is 0 Å². The van der Waals surface area contributed by atoms with Crippen LogP contribution in [0.5, 0.6) is 0 Å². The molecular formula is C16H16ClFN2O3S. The van der Waals surface area contributed by atoms with Crippen LogP contribution in [0.15, 0.2) is 47.4 Å². The zero-order chi connectivity index (χ0) is 17.7. The number of hydrogen-bond donors (Lipinski definition) is 2. The Morgan fingerprint density at radius 2 is 1.83 bits per heavy atom. The van der Waals surface area contributed by atoms with E-state index in [1.807, 2.05) is 6.92 Å². The Morgan fingerprint density at radius 3 is 2.42 bits per heavy atom. The fraction of sp³-hybridized carbons (Fsp3) is 0.188. The third-order valence-electron chi connectivity index (χ3n) is 3.15. The van der Waals surface area contributed by atoms with Crippen LogP contribution < -0.4 is 10.0 Å². The number of sulfonamides is 1. The van der Waals surface area contributed by atoms with Crippen molar-refractivity contribution >= 4 is 33.2 Å². The summed E-state index contributed by atoms with van der Waals surface area (Å²) in [5.74, 6) is -1.36. The van der Waals surface area contributed by atoms with Crippen LogP contribution in [0.3, 0.4) is 0 Å².